The van der Waals surface area contributed by atoms with E-state index in [9.17, 15) is 14.7 Å². The quantitative estimate of drug-likeness (QED) is 0.552. The van der Waals surface area contributed by atoms with Crippen LogP contribution in [-0.4, -0.2) is 47.9 Å². The number of aliphatic hydroxyl groups excluding tert-OH is 2. The molecule has 1 atom stereocenters. The van der Waals surface area contributed by atoms with Crippen LogP contribution in [0.2, 0.25) is 0 Å². The molecule has 6 heteroatoms. The fourth-order valence-corrected chi connectivity index (χ4v) is 2.93. The van der Waals surface area contributed by atoms with E-state index in [1.807, 2.05) is 6.92 Å². The van der Waals surface area contributed by atoms with Gasteiger partial charge in [-0.15, -0.1) is 0 Å². The van der Waals surface area contributed by atoms with Crippen LogP contribution in [0.25, 0.3) is 0 Å². The molecule has 0 fully saturated rings. The van der Waals surface area contributed by atoms with Crippen molar-refractivity contribution in [2.75, 3.05) is 20.3 Å². The molecule has 0 spiro atoms. The maximum Gasteiger partial charge on any atom is 0.316 e. The van der Waals surface area contributed by atoms with E-state index in [0.717, 1.165) is 12.8 Å². The molecular weight excluding hydrogens is 298 g/mol. The Bertz CT molecular complexity index is 519. The molecule has 6 nitrogen and oxygen atoms in total. The normalized spacial score (nSPS) is 21.5. The molecule has 2 N–H and O–H groups in total. The molecular formula is C17H27NO5. The number of Topliss-reactive ketones (excluding diaryl/α,β-unsaturated/α-hetero) is 1. The minimum Gasteiger partial charge on any atom is -0.511 e. The Balaban J connectivity index is 3.37. The third-order valence-corrected chi connectivity index (χ3v) is 4.10. The highest BCUT2D eigenvalue weighted by atomic mass is 16.5. The third-order valence-electron chi connectivity index (χ3n) is 4.10. The van der Waals surface area contributed by atoms with Gasteiger partial charge in [-0.2, -0.15) is 0 Å². The van der Waals surface area contributed by atoms with Crippen molar-refractivity contribution >= 4 is 17.5 Å². The van der Waals surface area contributed by atoms with E-state index < -0.39 is 17.3 Å². The number of unbranched alkanes of at least 4 members (excludes halogenated alkanes) is 1. The molecule has 130 valence electrons. The smallest absolute Gasteiger partial charge is 0.316 e. The molecule has 0 aromatic heterocycles. The highest BCUT2D eigenvalue weighted by molar-refractivity contribution is 6.23. The summed E-state index contributed by atoms with van der Waals surface area (Å²) in [6.45, 7) is 5.56. The summed E-state index contributed by atoms with van der Waals surface area (Å²) in [5.41, 5.74) is -0.126. The first-order valence-corrected chi connectivity index (χ1v) is 7.98. The van der Waals surface area contributed by atoms with Crippen LogP contribution in [0.4, 0.5) is 0 Å². The summed E-state index contributed by atoms with van der Waals surface area (Å²) in [7, 11) is 1.26. The molecule has 0 saturated heterocycles. The Hall–Kier alpha value is -1.69. The molecule has 0 unspecified atom stereocenters. The summed E-state index contributed by atoms with van der Waals surface area (Å²) in [5.74, 6) is -1.93. The van der Waals surface area contributed by atoms with Gasteiger partial charge in [0.05, 0.1) is 25.8 Å². The number of aliphatic imine (C=N–C) groups is 1. The van der Waals surface area contributed by atoms with Crippen LogP contribution >= 0.6 is 0 Å². The maximum atomic E-state index is 12.5. The SMILES string of the molecule is CCCCC(=NCCO)C1=C(O)[C@@H](C(=O)OC)C(C)(C)CC1=O. The summed E-state index contributed by atoms with van der Waals surface area (Å²) in [6.07, 6.45) is 2.37. The zero-order valence-corrected chi connectivity index (χ0v) is 14.4. The zero-order valence-electron chi connectivity index (χ0n) is 14.4. The summed E-state index contributed by atoms with van der Waals surface area (Å²) in [6, 6.07) is 0. The van der Waals surface area contributed by atoms with E-state index in [4.69, 9.17) is 9.84 Å². The fourth-order valence-electron chi connectivity index (χ4n) is 2.93. The Labute approximate surface area is 137 Å². The van der Waals surface area contributed by atoms with Gasteiger partial charge in [0.1, 0.15) is 11.7 Å². The Morgan fingerprint density at radius 1 is 1.43 bits per heavy atom. The highest BCUT2D eigenvalue weighted by Gasteiger charge is 2.47. The first kappa shape index (κ1) is 19.4. The lowest BCUT2D eigenvalue weighted by molar-refractivity contribution is -0.150. The number of ether oxygens (including phenoxy) is 1. The van der Waals surface area contributed by atoms with E-state index in [1.54, 1.807) is 13.8 Å². The van der Waals surface area contributed by atoms with Crippen LogP contribution in [-0.2, 0) is 14.3 Å². The van der Waals surface area contributed by atoms with Crippen LogP contribution in [0.3, 0.4) is 0 Å². The predicted molar refractivity (Wildman–Crippen MR) is 87.5 cm³/mol. The number of carbonyl (C=O) groups is 2. The molecule has 0 saturated carbocycles. The maximum absolute atomic E-state index is 12.5. The molecule has 1 rings (SSSR count). The molecule has 0 aliphatic heterocycles. The van der Waals surface area contributed by atoms with Crippen molar-refractivity contribution in [1.82, 2.24) is 0 Å². The van der Waals surface area contributed by atoms with E-state index in [2.05, 4.69) is 4.99 Å². The molecule has 0 radical (unpaired) electrons. The zero-order chi connectivity index (χ0) is 17.6. The van der Waals surface area contributed by atoms with Gasteiger partial charge < -0.3 is 14.9 Å². The molecule has 1 aliphatic rings. The van der Waals surface area contributed by atoms with Gasteiger partial charge in [0.25, 0.3) is 0 Å². The number of hydrogen-bond donors (Lipinski definition) is 2. The van der Waals surface area contributed by atoms with Gasteiger partial charge >= 0.3 is 5.97 Å². The minimum atomic E-state index is -0.888. The van der Waals surface area contributed by atoms with Crippen molar-refractivity contribution in [2.24, 2.45) is 16.3 Å². The lowest BCUT2D eigenvalue weighted by Crippen LogP contribution is -2.41. The number of allylic oxidation sites excluding steroid dienone is 1. The number of carbonyl (C=O) groups excluding carboxylic acids is 2. The largest absolute Gasteiger partial charge is 0.511 e. The number of nitrogens with zero attached hydrogens (tertiary/aromatic N) is 1. The highest BCUT2D eigenvalue weighted by Crippen LogP contribution is 2.42. The Morgan fingerprint density at radius 2 is 2.09 bits per heavy atom. The summed E-state index contributed by atoms with van der Waals surface area (Å²) in [5, 5.41) is 19.6. The van der Waals surface area contributed by atoms with Crippen LogP contribution < -0.4 is 0 Å². The monoisotopic (exact) mass is 325 g/mol. The number of aliphatic hydroxyl groups is 2. The van der Waals surface area contributed by atoms with Crippen molar-refractivity contribution in [1.29, 1.82) is 0 Å². The van der Waals surface area contributed by atoms with Crippen molar-refractivity contribution < 1.29 is 24.5 Å². The number of rotatable bonds is 7. The van der Waals surface area contributed by atoms with Crippen LogP contribution in [0.5, 0.6) is 0 Å². The molecule has 0 heterocycles. The van der Waals surface area contributed by atoms with Crippen molar-refractivity contribution in [2.45, 2.75) is 46.5 Å². The molecule has 0 aromatic rings. The van der Waals surface area contributed by atoms with Gasteiger partial charge in [0, 0.05) is 12.1 Å². The Morgan fingerprint density at radius 3 is 2.61 bits per heavy atom. The van der Waals surface area contributed by atoms with Crippen LogP contribution in [0.1, 0.15) is 46.5 Å². The van der Waals surface area contributed by atoms with Gasteiger partial charge in [0.15, 0.2) is 5.78 Å². The second-order valence-electron chi connectivity index (χ2n) is 6.46. The van der Waals surface area contributed by atoms with Gasteiger partial charge in [-0.25, -0.2) is 0 Å². The summed E-state index contributed by atoms with van der Waals surface area (Å²) < 4.78 is 4.80. The predicted octanol–water partition coefficient (Wildman–Crippen LogP) is 2.21. The number of methoxy groups -OCH3 is 1. The van der Waals surface area contributed by atoms with Gasteiger partial charge in [-0.1, -0.05) is 27.2 Å². The van der Waals surface area contributed by atoms with E-state index >= 15 is 0 Å². The van der Waals surface area contributed by atoms with Crippen LogP contribution in [0.15, 0.2) is 16.3 Å². The number of esters is 1. The standard InChI is InChI=1S/C17H27NO5/c1-5-6-7-11(18-8-9-19)13-12(20)10-17(2,3)14(15(13)21)16(22)23-4/h14,19,21H,5-10H2,1-4H3/t14-/m0/s1. The van der Waals surface area contributed by atoms with Crippen molar-refractivity contribution in [3.8, 4) is 0 Å². The topological polar surface area (TPSA) is 96.2 Å². The van der Waals surface area contributed by atoms with Gasteiger partial charge in [-0.3, -0.25) is 14.6 Å². The summed E-state index contributed by atoms with van der Waals surface area (Å²) >= 11 is 0. The molecule has 0 bridgehead atoms. The van der Waals surface area contributed by atoms with Crippen molar-refractivity contribution in [3.05, 3.63) is 11.3 Å². The van der Waals surface area contributed by atoms with Crippen LogP contribution in [0, 0.1) is 11.3 Å². The second-order valence-corrected chi connectivity index (χ2v) is 6.46. The van der Waals surface area contributed by atoms with Crippen molar-refractivity contribution in [3.63, 3.8) is 0 Å². The third kappa shape index (κ3) is 4.41. The number of hydrogen-bond acceptors (Lipinski definition) is 6. The lowest BCUT2D eigenvalue weighted by Gasteiger charge is -2.36. The molecule has 0 amide bonds. The summed E-state index contributed by atoms with van der Waals surface area (Å²) in [4.78, 5) is 28.9. The minimum absolute atomic E-state index is 0.127. The molecule has 1 aliphatic carbocycles. The average Bonchev–Trinajstić information content (AvgIpc) is 2.47. The lowest BCUT2D eigenvalue weighted by atomic mass is 9.67. The van der Waals surface area contributed by atoms with Gasteiger partial charge in [-0.05, 0) is 18.3 Å². The average molecular weight is 325 g/mol. The Kier molecular flexibility index (Phi) is 6.94. The van der Waals surface area contributed by atoms with E-state index in [-0.39, 0.29) is 36.7 Å². The van der Waals surface area contributed by atoms with E-state index in [0.29, 0.717) is 12.1 Å². The first-order valence-electron chi connectivity index (χ1n) is 7.98. The number of ketones is 1. The molecule has 0 aromatic carbocycles. The first-order chi connectivity index (χ1) is 10.8. The second kappa shape index (κ2) is 8.24. The van der Waals surface area contributed by atoms with E-state index in [1.165, 1.54) is 7.11 Å². The fraction of sp³-hybridized carbons (Fsp3) is 0.706. The molecule has 23 heavy (non-hydrogen) atoms. The van der Waals surface area contributed by atoms with Gasteiger partial charge in [0.2, 0.25) is 0 Å².